The summed E-state index contributed by atoms with van der Waals surface area (Å²) < 4.78 is 200. The van der Waals surface area contributed by atoms with Crippen LogP contribution in [0.15, 0.2) is 12.2 Å². The van der Waals surface area contributed by atoms with E-state index in [1.807, 2.05) is 0 Å². The van der Waals surface area contributed by atoms with Crippen LogP contribution in [-0.4, -0.2) is 52.8 Å². The zero-order valence-corrected chi connectivity index (χ0v) is 24.9. The molecule has 20 heteroatoms. The van der Waals surface area contributed by atoms with Crippen molar-refractivity contribution in [1.82, 2.24) is 4.13 Å². The number of nitrogens with one attached hydrogen (secondary N) is 1. The maximum Gasteiger partial charge on any atom is 0.512 e. The summed E-state index contributed by atoms with van der Waals surface area (Å²) in [6.45, 7) is 6.16. The monoisotopic (exact) mass is 689 g/mol. The highest BCUT2D eigenvalue weighted by atomic mass is 32.3. The molecule has 0 radical (unpaired) electrons. The van der Waals surface area contributed by atoms with E-state index in [2.05, 4.69) is 10.8 Å². The van der Waals surface area contributed by atoms with Crippen molar-refractivity contribution in [3.63, 3.8) is 0 Å². The Bertz CT molecular complexity index is 1320. The first kappa shape index (κ1) is 37.1. The van der Waals surface area contributed by atoms with Crippen LogP contribution in [0.1, 0.15) is 78.1 Å². The molecule has 0 aromatic carbocycles. The predicted octanol–water partition coefficient (Wildman–Crippen LogP) is 6.03. The van der Waals surface area contributed by atoms with E-state index >= 15 is 0 Å². The van der Waals surface area contributed by atoms with Crippen molar-refractivity contribution < 1.29 is 69.0 Å². The summed E-state index contributed by atoms with van der Waals surface area (Å²) in [5, 5.41) is -14.5. The van der Waals surface area contributed by atoms with Gasteiger partial charge >= 0.3 is 42.1 Å². The van der Waals surface area contributed by atoms with Gasteiger partial charge in [-0.3, -0.25) is 4.18 Å². The number of hydrogen-bond acceptors (Lipinski definition) is 7. The molecule has 248 valence electrons. The highest BCUT2D eigenvalue weighted by Gasteiger charge is 2.83. The highest BCUT2D eigenvalue weighted by Crippen LogP contribution is 2.54. The Morgan fingerprint density at radius 3 is 1.60 bits per heavy atom. The van der Waals surface area contributed by atoms with Gasteiger partial charge in [0.2, 0.25) is 0 Å². The van der Waals surface area contributed by atoms with Crippen LogP contribution in [0.2, 0.25) is 0 Å². The second-order valence-electron chi connectivity index (χ2n) is 10.8. The van der Waals surface area contributed by atoms with Gasteiger partial charge in [0.1, 0.15) is 5.60 Å². The van der Waals surface area contributed by atoms with Gasteiger partial charge in [0.05, 0.1) is 0 Å². The second kappa shape index (κ2) is 12.0. The summed E-state index contributed by atoms with van der Waals surface area (Å²) in [4.78, 5) is 0. The van der Waals surface area contributed by atoms with Crippen molar-refractivity contribution in [3.05, 3.63) is 12.2 Å². The number of alkyl halides is 9. The van der Waals surface area contributed by atoms with Gasteiger partial charge in [-0.2, -0.15) is 47.9 Å². The summed E-state index contributed by atoms with van der Waals surface area (Å²) in [7, 11) is -22.5. The normalized spacial score (nSPS) is 22.0. The van der Waals surface area contributed by atoms with Crippen molar-refractivity contribution in [3.8, 4) is 0 Å². The molecule has 2 rings (SSSR count). The third-order valence-electron chi connectivity index (χ3n) is 8.15. The third-order valence-corrected chi connectivity index (χ3v) is 12.9. The Labute approximate surface area is 238 Å². The lowest BCUT2D eigenvalue weighted by Crippen LogP contribution is -2.64. The van der Waals surface area contributed by atoms with Gasteiger partial charge in [0, 0.05) is 0 Å². The molecule has 42 heavy (non-hydrogen) atoms. The van der Waals surface area contributed by atoms with Crippen molar-refractivity contribution in [2.75, 3.05) is 0 Å². The van der Waals surface area contributed by atoms with Crippen molar-refractivity contribution in [2.24, 2.45) is 17.8 Å². The molecule has 0 heterocycles. The molecule has 0 spiro atoms. The van der Waals surface area contributed by atoms with E-state index in [1.54, 1.807) is 0 Å². The van der Waals surface area contributed by atoms with E-state index in [-0.39, 0.29) is 5.57 Å². The van der Waals surface area contributed by atoms with Crippen LogP contribution in [0.25, 0.3) is 0 Å². The van der Waals surface area contributed by atoms with E-state index < -0.39 is 79.6 Å². The smallest absolute Gasteiger partial charge is 0.254 e. The molecule has 0 aliphatic heterocycles. The van der Waals surface area contributed by atoms with E-state index in [0.29, 0.717) is 51.4 Å². The summed E-state index contributed by atoms with van der Waals surface area (Å²) in [6.07, 6.45) is 5.85. The number of sulfonamides is 2. The minimum Gasteiger partial charge on any atom is -0.254 e. The minimum absolute atomic E-state index is 0.0831. The standard InChI is InChI=1S/C22H32F9NO7S3/c1-14(16-10-6-4-7-11-16)18(3,15(2)17-12-8-5-9-13-17)39-42(37,38)21(27,28)19(23,24)20(25,26)40(33,34)32-41(35,36)22(29,30)31/h15-17,32H,1,4-13H2,2-3H3. The van der Waals surface area contributed by atoms with Crippen LogP contribution in [0.3, 0.4) is 0 Å². The molecule has 2 atom stereocenters. The third kappa shape index (κ3) is 6.61. The maximum absolute atomic E-state index is 15.0. The molecule has 2 fully saturated rings. The zero-order valence-electron chi connectivity index (χ0n) is 22.5. The van der Waals surface area contributed by atoms with E-state index in [9.17, 15) is 64.8 Å². The largest absolute Gasteiger partial charge is 0.512 e. The first-order valence-electron chi connectivity index (χ1n) is 12.8. The van der Waals surface area contributed by atoms with Gasteiger partial charge in [0.25, 0.3) is 10.0 Å². The van der Waals surface area contributed by atoms with Gasteiger partial charge in [-0.05, 0) is 43.1 Å². The van der Waals surface area contributed by atoms with Crippen molar-refractivity contribution in [1.29, 1.82) is 0 Å². The SMILES string of the molecule is C=C(C1CCCCC1)C(C)(OS(=O)(=O)C(F)(F)C(F)(F)C(F)(F)S(=O)(=O)NS(=O)(=O)C(F)(F)F)C(C)C1CCCCC1. The van der Waals surface area contributed by atoms with Gasteiger partial charge in [-0.1, -0.05) is 69.0 Å². The average Bonchev–Trinajstić information content (AvgIpc) is 2.86. The molecule has 2 unspecified atom stereocenters. The summed E-state index contributed by atoms with van der Waals surface area (Å²) >= 11 is 0. The molecule has 0 saturated heterocycles. The Balaban J connectivity index is 2.58. The van der Waals surface area contributed by atoms with Gasteiger partial charge in [-0.25, -0.2) is 16.8 Å². The molecule has 0 amide bonds. The van der Waals surface area contributed by atoms with Crippen molar-refractivity contribution >= 4 is 30.2 Å². The van der Waals surface area contributed by atoms with Gasteiger partial charge < -0.3 is 0 Å². The lowest BCUT2D eigenvalue weighted by atomic mass is 9.67. The van der Waals surface area contributed by atoms with Crippen LogP contribution in [0, 0.1) is 17.8 Å². The summed E-state index contributed by atoms with van der Waals surface area (Å²) in [5.74, 6) is -9.48. The molecule has 2 aliphatic rings. The fraction of sp³-hybridized carbons (Fsp3) is 0.909. The average molecular weight is 690 g/mol. The molecular weight excluding hydrogens is 657 g/mol. The summed E-state index contributed by atoms with van der Waals surface area (Å²) in [5.41, 5.74) is -9.12. The number of rotatable bonds is 12. The molecule has 0 aromatic rings. The Hall–Kier alpha value is -1.12. The molecule has 0 bridgehead atoms. The maximum atomic E-state index is 15.0. The number of hydrogen-bond donors (Lipinski definition) is 1. The van der Waals surface area contributed by atoms with Crippen LogP contribution in [-0.2, 0) is 34.3 Å². The zero-order chi connectivity index (χ0) is 32.8. The molecule has 1 N–H and O–H groups in total. The van der Waals surface area contributed by atoms with Crippen molar-refractivity contribution in [2.45, 2.75) is 106 Å². The number of halogens is 9. The Kier molecular flexibility index (Phi) is 10.6. The van der Waals surface area contributed by atoms with Gasteiger partial charge in [-0.15, -0.1) is 0 Å². The van der Waals surface area contributed by atoms with Crippen LogP contribution < -0.4 is 4.13 Å². The fourth-order valence-corrected chi connectivity index (χ4v) is 9.13. The van der Waals surface area contributed by atoms with E-state index in [4.69, 9.17) is 0 Å². The van der Waals surface area contributed by atoms with Crippen LogP contribution in [0.4, 0.5) is 39.5 Å². The Morgan fingerprint density at radius 2 is 1.17 bits per heavy atom. The van der Waals surface area contributed by atoms with E-state index in [0.717, 1.165) is 19.8 Å². The predicted molar refractivity (Wildman–Crippen MR) is 132 cm³/mol. The quantitative estimate of drug-likeness (QED) is 0.151. The van der Waals surface area contributed by atoms with E-state index in [1.165, 1.54) is 6.92 Å². The lowest BCUT2D eigenvalue weighted by molar-refractivity contribution is -0.247. The highest BCUT2D eigenvalue weighted by molar-refractivity contribution is 8.05. The fourth-order valence-electron chi connectivity index (χ4n) is 5.38. The molecule has 0 aromatic heterocycles. The van der Waals surface area contributed by atoms with Gasteiger partial charge in [0.15, 0.2) is 0 Å². The second-order valence-corrected chi connectivity index (χ2v) is 16.1. The van der Waals surface area contributed by atoms with Crippen LogP contribution >= 0.6 is 0 Å². The first-order valence-corrected chi connectivity index (χ1v) is 17.2. The molecular formula is C22H32F9NO7S3. The van der Waals surface area contributed by atoms with Crippen LogP contribution in [0.5, 0.6) is 0 Å². The minimum atomic E-state index is -7.87. The summed E-state index contributed by atoms with van der Waals surface area (Å²) in [6, 6.07) is 0. The first-order chi connectivity index (χ1) is 18.7. The molecule has 8 nitrogen and oxygen atoms in total. The Morgan fingerprint density at radius 1 is 0.738 bits per heavy atom. The molecule has 2 aliphatic carbocycles. The lowest BCUT2D eigenvalue weighted by Gasteiger charge is -2.45. The molecule has 2 saturated carbocycles. The topological polar surface area (TPSA) is 124 Å².